The van der Waals surface area contributed by atoms with Crippen LogP contribution in [0.3, 0.4) is 0 Å². The van der Waals surface area contributed by atoms with Crippen LogP contribution in [0.4, 0.5) is 5.69 Å². The third kappa shape index (κ3) is 4.10. The molecule has 0 saturated heterocycles. The van der Waals surface area contributed by atoms with Gasteiger partial charge < -0.3 is 11.1 Å². The summed E-state index contributed by atoms with van der Waals surface area (Å²) in [4.78, 5) is 0. The molecule has 15 heavy (non-hydrogen) atoms. The minimum Gasteiger partial charge on any atom is -0.398 e. The van der Waals surface area contributed by atoms with Gasteiger partial charge in [-0.25, -0.2) is 0 Å². The van der Waals surface area contributed by atoms with Crippen molar-refractivity contribution in [3.63, 3.8) is 0 Å². The highest BCUT2D eigenvalue weighted by Crippen LogP contribution is 2.19. The Kier molecular flexibility index (Phi) is 4.92. The van der Waals surface area contributed by atoms with Crippen molar-refractivity contribution in [3.8, 4) is 0 Å². The van der Waals surface area contributed by atoms with Crippen LogP contribution in [-0.4, -0.2) is 6.54 Å². The van der Waals surface area contributed by atoms with Crippen LogP contribution in [0.1, 0.15) is 25.8 Å². The van der Waals surface area contributed by atoms with Gasteiger partial charge in [0.1, 0.15) is 0 Å². The van der Waals surface area contributed by atoms with Crippen LogP contribution >= 0.6 is 11.6 Å². The molecule has 3 heteroatoms. The second kappa shape index (κ2) is 5.99. The first-order chi connectivity index (χ1) is 7.13. The molecule has 1 atom stereocenters. The molecule has 1 aromatic carbocycles. The summed E-state index contributed by atoms with van der Waals surface area (Å²) in [6.07, 6.45) is 1.20. The summed E-state index contributed by atoms with van der Waals surface area (Å²) in [5, 5.41) is 4.04. The van der Waals surface area contributed by atoms with Gasteiger partial charge in [-0.1, -0.05) is 37.9 Å². The van der Waals surface area contributed by atoms with Crippen LogP contribution in [0.2, 0.25) is 5.02 Å². The van der Waals surface area contributed by atoms with Crippen LogP contribution in [0.25, 0.3) is 0 Å². The molecule has 0 aromatic heterocycles. The van der Waals surface area contributed by atoms with Crippen molar-refractivity contribution >= 4 is 17.3 Å². The number of hydrogen-bond acceptors (Lipinski definition) is 2. The molecule has 84 valence electrons. The van der Waals surface area contributed by atoms with E-state index in [4.69, 9.17) is 17.3 Å². The van der Waals surface area contributed by atoms with E-state index in [0.717, 1.165) is 13.1 Å². The Labute approximate surface area is 96.8 Å². The van der Waals surface area contributed by atoms with Crippen molar-refractivity contribution in [3.05, 3.63) is 28.8 Å². The van der Waals surface area contributed by atoms with Crippen molar-refractivity contribution in [2.45, 2.75) is 26.8 Å². The topological polar surface area (TPSA) is 38.0 Å². The molecule has 0 bridgehead atoms. The monoisotopic (exact) mass is 226 g/mol. The molecule has 1 aromatic rings. The van der Waals surface area contributed by atoms with Crippen LogP contribution in [0, 0.1) is 5.92 Å². The third-order valence-corrected chi connectivity index (χ3v) is 2.91. The van der Waals surface area contributed by atoms with E-state index in [1.807, 2.05) is 18.2 Å². The molecule has 2 nitrogen and oxygen atoms in total. The molecule has 0 saturated carbocycles. The Balaban J connectivity index is 2.41. The average molecular weight is 227 g/mol. The first-order valence-corrected chi connectivity index (χ1v) is 5.76. The predicted octanol–water partition coefficient (Wildman–Crippen LogP) is 3.06. The van der Waals surface area contributed by atoms with Gasteiger partial charge in [0, 0.05) is 6.54 Å². The lowest BCUT2D eigenvalue weighted by Crippen LogP contribution is -2.20. The zero-order chi connectivity index (χ0) is 11.3. The Morgan fingerprint density at radius 1 is 1.47 bits per heavy atom. The van der Waals surface area contributed by atoms with E-state index in [9.17, 15) is 0 Å². The largest absolute Gasteiger partial charge is 0.398 e. The number of benzene rings is 1. The quantitative estimate of drug-likeness (QED) is 0.758. The fraction of sp³-hybridized carbons (Fsp3) is 0.500. The standard InChI is InChI=1S/C12H19ClN2/c1-3-9(2)7-15-8-10-4-5-12(14)11(13)6-10/h4-6,9,15H,3,7-8,14H2,1-2H3. The lowest BCUT2D eigenvalue weighted by Gasteiger charge is -2.10. The lowest BCUT2D eigenvalue weighted by atomic mass is 10.1. The molecule has 3 N–H and O–H groups in total. The molecule has 1 rings (SSSR count). The lowest BCUT2D eigenvalue weighted by molar-refractivity contribution is 0.500. The Hall–Kier alpha value is -0.730. The SMILES string of the molecule is CCC(C)CNCc1ccc(N)c(Cl)c1. The molecule has 0 radical (unpaired) electrons. The summed E-state index contributed by atoms with van der Waals surface area (Å²) in [5.74, 6) is 0.717. The molecule has 0 amide bonds. The van der Waals surface area contributed by atoms with Gasteiger partial charge in [-0.05, 0) is 30.2 Å². The number of nitrogen functional groups attached to an aromatic ring is 1. The third-order valence-electron chi connectivity index (χ3n) is 2.58. The van der Waals surface area contributed by atoms with Crippen molar-refractivity contribution < 1.29 is 0 Å². The number of rotatable bonds is 5. The molecule has 0 aliphatic carbocycles. The van der Waals surface area contributed by atoms with E-state index in [2.05, 4.69) is 19.2 Å². The van der Waals surface area contributed by atoms with Gasteiger partial charge in [0.2, 0.25) is 0 Å². The Morgan fingerprint density at radius 2 is 2.20 bits per heavy atom. The molecule has 0 spiro atoms. The zero-order valence-corrected chi connectivity index (χ0v) is 10.1. The molecular formula is C12H19ClN2. The van der Waals surface area contributed by atoms with Crippen LogP contribution in [0.15, 0.2) is 18.2 Å². The molecule has 0 aliphatic heterocycles. The first-order valence-electron chi connectivity index (χ1n) is 5.38. The normalized spacial score (nSPS) is 12.7. The maximum absolute atomic E-state index is 5.93. The second-order valence-electron chi connectivity index (χ2n) is 4.00. The van der Waals surface area contributed by atoms with Gasteiger partial charge in [-0.2, -0.15) is 0 Å². The highest BCUT2D eigenvalue weighted by atomic mass is 35.5. The van der Waals surface area contributed by atoms with E-state index in [1.165, 1.54) is 12.0 Å². The molecule has 1 unspecified atom stereocenters. The van der Waals surface area contributed by atoms with Crippen molar-refractivity contribution in [1.82, 2.24) is 5.32 Å². The van der Waals surface area contributed by atoms with E-state index < -0.39 is 0 Å². The van der Waals surface area contributed by atoms with Gasteiger partial charge in [0.15, 0.2) is 0 Å². The maximum Gasteiger partial charge on any atom is 0.0638 e. The highest BCUT2D eigenvalue weighted by molar-refractivity contribution is 6.33. The summed E-state index contributed by atoms with van der Waals surface area (Å²) in [6.45, 7) is 6.33. The van der Waals surface area contributed by atoms with Gasteiger partial charge in [-0.15, -0.1) is 0 Å². The van der Waals surface area contributed by atoms with Crippen molar-refractivity contribution in [2.75, 3.05) is 12.3 Å². The first kappa shape index (κ1) is 12.3. The van der Waals surface area contributed by atoms with Gasteiger partial charge in [-0.3, -0.25) is 0 Å². The second-order valence-corrected chi connectivity index (χ2v) is 4.41. The van der Waals surface area contributed by atoms with Crippen LogP contribution in [0.5, 0.6) is 0 Å². The highest BCUT2D eigenvalue weighted by Gasteiger charge is 2.00. The summed E-state index contributed by atoms with van der Waals surface area (Å²) in [5.41, 5.74) is 7.45. The number of anilines is 1. The number of halogens is 1. The summed E-state index contributed by atoms with van der Waals surface area (Å²) in [7, 11) is 0. The fourth-order valence-corrected chi connectivity index (χ4v) is 1.49. The molecule has 0 aliphatic rings. The molecule has 0 heterocycles. The van der Waals surface area contributed by atoms with Gasteiger partial charge >= 0.3 is 0 Å². The van der Waals surface area contributed by atoms with E-state index in [-0.39, 0.29) is 0 Å². The predicted molar refractivity (Wildman–Crippen MR) is 67.0 cm³/mol. The Bertz CT molecular complexity index is 312. The number of nitrogens with two attached hydrogens (primary N) is 1. The minimum atomic E-state index is 0.637. The molecule has 0 fully saturated rings. The Morgan fingerprint density at radius 3 is 2.80 bits per heavy atom. The number of hydrogen-bond donors (Lipinski definition) is 2. The summed E-state index contributed by atoms with van der Waals surface area (Å²) in [6, 6.07) is 5.77. The van der Waals surface area contributed by atoms with Crippen molar-refractivity contribution in [1.29, 1.82) is 0 Å². The van der Waals surface area contributed by atoms with Crippen molar-refractivity contribution in [2.24, 2.45) is 5.92 Å². The van der Waals surface area contributed by atoms with E-state index >= 15 is 0 Å². The smallest absolute Gasteiger partial charge is 0.0638 e. The van der Waals surface area contributed by atoms with E-state index in [0.29, 0.717) is 16.6 Å². The summed E-state index contributed by atoms with van der Waals surface area (Å²) < 4.78 is 0. The zero-order valence-electron chi connectivity index (χ0n) is 9.39. The van der Waals surface area contributed by atoms with Gasteiger partial charge in [0.25, 0.3) is 0 Å². The van der Waals surface area contributed by atoms with Gasteiger partial charge in [0.05, 0.1) is 10.7 Å². The maximum atomic E-state index is 5.93. The average Bonchev–Trinajstić information content (AvgIpc) is 2.23. The van der Waals surface area contributed by atoms with Crippen LogP contribution in [-0.2, 0) is 6.54 Å². The minimum absolute atomic E-state index is 0.637. The van der Waals surface area contributed by atoms with E-state index in [1.54, 1.807) is 0 Å². The fourth-order valence-electron chi connectivity index (χ4n) is 1.29. The molecular weight excluding hydrogens is 208 g/mol. The van der Waals surface area contributed by atoms with Crippen LogP contribution < -0.4 is 11.1 Å². The summed E-state index contributed by atoms with van der Waals surface area (Å²) >= 11 is 5.93. The number of nitrogens with one attached hydrogen (secondary N) is 1.